The van der Waals surface area contributed by atoms with Crippen LogP contribution in [-0.4, -0.2) is 9.13 Å². The van der Waals surface area contributed by atoms with Crippen LogP contribution in [0.2, 0.25) is 5.02 Å². The Labute approximate surface area is 193 Å². The van der Waals surface area contributed by atoms with Crippen molar-refractivity contribution in [2.24, 2.45) is 0 Å². The van der Waals surface area contributed by atoms with Gasteiger partial charge in [-0.15, -0.1) is 11.3 Å². The zero-order valence-corrected chi connectivity index (χ0v) is 18.3. The van der Waals surface area contributed by atoms with Gasteiger partial charge in [-0.25, -0.2) is 9.36 Å². The summed E-state index contributed by atoms with van der Waals surface area (Å²) >= 11 is 7.20. The van der Waals surface area contributed by atoms with Gasteiger partial charge in [-0.2, -0.15) is 13.2 Å². The van der Waals surface area contributed by atoms with Gasteiger partial charge in [-0.3, -0.25) is 9.36 Å². The smallest absolute Gasteiger partial charge is 0.287 e. The number of fused-ring (bicyclic) bond motifs is 3. The van der Waals surface area contributed by atoms with Crippen molar-refractivity contribution in [1.29, 1.82) is 0 Å². The first-order valence-corrected chi connectivity index (χ1v) is 11.0. The molecule has 33 heavy (non-hydrogen) atoms. The van der Waals surface area contributed by atoms with Crippen molar-refractivity contribution in [3.8, 4) is 5.69 Å². The first-order valence-electron chi connectivity index (χ1n) is 9.83. The van der Waals surface area contributed by atoms with Gasteiger partial charge in [0.25, 0.3) is 5.56 Å². The summed E-state index contributed by atoms with van der Waals surface area (Å²) in [7, 11) is 0. The van der Waals surface area contributed by atoms with E-state index in [4.69, 9.17) is 11.6 Å². The van der Waals surface area contributed by atoms with Crippen LogP contribution in [0.3, 0.4) is 0 Å². The number of halogens is 4. The van der Waals surface area contributed by atoms with Crippen LogP contribution in [0.15, 0.2) is 82.4 Å². The minimum Gasteiger partial charge on any atom is -0.287 e. The molecule has 0 amide bonds. The normalized spacial score (nSPS) is 12.0. The Morgan fingerprint density at radius 1 is 0.909 bits per heavy atom. The summed E-state index contributed by atoms with van der Waals surface area (Å²) in [6.07, 6.45) is -4.51. The molecule has 0 aliphatic rings. The monoisotopic (exact) mass is 486 g/mol. The largest absolute Gasteiger partial charge is 0.416 e. The molecule has 0 radical (unpaired) electrons. The second kappa shape index (κ2) is 7.90. The second-order valence-corrected chi connectivity index (χ2v) is 8.95. The van der Waals surface area contributed by atoms with Gasteiger partial charge in [0.15, 0.2) is 0 Å². The third kappa shape index (κ3) is 3.75. The molecule has 0 spiro atoms. The first kappa shape index (κ1) is 21.5. The number of nitrogens with zero attached hydrogens (tertiary/aromatic N) is 2. The molecular weight excluding hydrogens is 473 g/mol. The molecule has 0 aliphatic heterocycles. The van der Waals surface area contributed by atoms with Crippen molar-refractivity contribution < 1.29 is 13.2 Å². The van der Waals surface area contributed by atoms with E-state index >= 15 is 0 Å². The molecule has 166 valence electrons. The van der Waals surface area contributed by atoms with E-state index in [0.29, 0.717) is 31.9 Å². The molecule has 9 heteroatoms. The first-order chi connectivity index (χ1) is 15.7. The topological polar surface area (TPSA) is 44.0 Å². The molecule has 0 N–H and O–H groups in total. The standard InChI is InChI=1S/C24H14ClF3N2O2S/c25-16-8-10-17(11-9-16)30-22(31)21-20(18-6-1-2-7-19(18)33-21)29(23(30)32)13-14-4-3-5-15(12-14)24(26,27)28/h1-12H,13H2. The fourth-order valence-electron chi connectivity index (χ4n) is 3.84. The molecule has 0 saturated heterocycles. The maximum atomic E-state index is 13.6. The van der Waals surface area contributed by atoms with Crippen molar-refractivity contribution in [2.75, 3.05) is 0 Å². The fraction of sp³-hybridized carbons (Fsp3) is 0.0833. The number of aromatic nitrogens is 2. The van der Waals surface area contributed by atoms with Gasteiger partial charge in [0.1, 0.15) is 4.70 Å². The van der Waals surface area contributed by atoms with E-state index < -0.39 is 23.0 Å². The quantitative estimate of drug-likeness (QED) is 0.310. The van der Waals surface area contributed by atoms with Gasteiger partial charge >= 0.3 is 11.9 Å². The summed E-state index contributed by atoms with van der Waals surface area (Å²) in [5.74, 6) is 0. The summed E-state index contributed by atoms with van der Waals surface area (Å²) in [6, 6.07) is 18.3. The van der Waals surface area contributed by atoms with E-state index in [1.54, 1.807) is 36.4 Å². The maximum absolute atomic E-state index is 13.6. The highest BCUT2D eigenvalue weighted by Gasteiger charge is 2.30. The minimum absolute atomic E-state index is 0.131. The molecule has 5 aromatic rings. The van der Waals surface area contributed by atoms with Crippen LogP contribution in [0.25, 0.3) is 26.0 Å². The summed E-state index contributed by atoms with van der Waals surface area (Å²) in [6.45, 7) is -0.131. The summed E-state index contributed by atoms with van der Waals surface area (Å²) in [5.41, 5.74) is -0.898. The Kier molecular flexibility index (Phi) is 5.14. The van der Waals surface area contributed by atoms with E-state index in [1.165, 1.54) is 28.0 Å². The Bertz CT molecular complexity index is 1630. The van der Waals surface area contributed by atoms with Crippen molar-refractivity contribution in [2.45, 2.75) is 12.7 Å². The Hall–Kier alpha value is -3.36. The highest BCUT2D eigenvalue weighted by atomic mass is 35.5. The summed E-state index contributed by atoms with van der Waals surface area (Å²) < 4.78 is 43.3. The zero-order chi connectivity index (χ0) is 23.3. The Morgan fingerprint density at radius 3 is 2.36 bits per heavy atom. The number of thiophene rings is 1. The average Bonchev–Trinajstić information content (AvgIpc) is 3.18. The van der Waals surface area contributed by atoms with Crippen molar-refractivity contribution in [3.63, 3.8) is 0 Å². The highest BCUT2D eigenvalue weighted by molar-refractivity contribution is 7.25. The highest BCUT2D eigenvalue weighted by Crippen LogP contribution is 2.32. The predicted molar refractivity (Wildman–Crippen MR) is 125 cm³/mol. The van der Waals surface area contributed by atoms with Crippen molar-refractivity contribution >= 4 is 43.2 Å². The summed E-state index contributed by atoms with van der Waals surface area (Å²) in [4.78, 5) is 27.0. The molecule has 0 atom stereocenters. The van der Waals surface area contributed by atoms with E-state index in [9.17, 15) is 22.8 Å². The third-order valence-electron chi connectivity index (χ3n) is 5.34. The minimum atomic E-state index is -4.51. The van der Waals surface area contributed by atoms with E-state index in [2.05, 4.69) is 0 Å². The molecule has 0 bridgehead atoms. The lowest BCUT2D eigenvalue weighted by Gasteiger charge is -2.14. The van der Waals surface area contributed by atoms with Crippen LogP contribution in [0.1, 0.15) is 11.1 Å². The molecule has 2 aromatic heterocycles. The van der Waals surface area contributed by atoms with E-state index in [0.717, 1.165) is 21.4 Å². The summed E-state index contributed by atoms with van der Waals surface area (Å²) in [5, 5.41) is 1.14. The molecule has 0 saturated carbocycles. The SMILES string of the molecule is O=c1c2sc3ccccc3c2n(Cc2cccc(C(F)(F)F)c2)c(=O)n1-c1ccc(Cl)cc1. The molecule has 2 heterocycles. The van der Waals surface area contributed by atoms with Gasteiger partial charge in [-0.05, 0) is 48.0 Å². The molecular formula is C24H14ClF3N2O2S. The lowest BCUT2D eigenvalue weighted by atomic mass is 10.1. The molecule has 0 aliphatic carbocycles. The number of rotatable bonds is 3. The van der Waals surface area contributed by atoms with Gasteiger partial charge in [0.05, 0.1) is 23.3 Å². The Morgan fingerprint density at radius 2 is 1.64 bits per heavy atom. The van der Waals surface area contributed by atoms with Gasteiger partial charge < -0.3 is 0 Å². The third-order valence-corrected chi connectivity index (χ3v) is 6.74. The van der Waals surface area contributed by atoms with E-state index in [-0.39, 0.29) is 6.54 Å². The van der Waals surface area contributed by atoms with Crippen LogP contribution >= 0.6 is 22.9 Å². The van der Waals surface area contributed by atoms with Gasteiger partial charge in [0, 0.05) is 15.1 Å². The number of hydrogen-bond acceptors (Lipinski definition) is 3. The lowest BCUT2D eigenvalue weighted by molar-refractivity contribution is -0.137. The van der Waals surface area contributed by atoms with Crippen molar-refractivity contribution in [3.05, 3.63) is 110 Å². The predicted octanol–water partition coefficient (Wildman–Crippen LogP) is 6.09. The maximum Gasteiger partial charge on any atom is 0.416 e. The van der Waals surface area contributed by atoms with Crippen LogP contribution in [0.5, 0.6) is 0 Å². The number of benzene rings is 3. The van der Waals surface area contributed by atoms with Crippen LogP contribution in [0, 0.1) is 0 Å². The fourth-order valence-corrected chi connectivity index (χ4v) is 5.11. The number of alkyl halides is 3. The molecule has 0 unspecified atom stereocenters. The number of hydrogen-bond donors (Lipinski definition) is 0. The molecule has 5 rings (SSSR count). The molecule has 0 fully saturated rings. The lowest BCUT2D eigenvalue weighted by Crippen LogP contribution is -2.38. The molecule has 3 aromatic carbocycles. The van der Waals surface area contributed by atoms with Gasteiger partial charge in [-0.1, -0.05) is 41.9 Å². The van der Waals surface area contributed by atoms with E-state index in [1.807, 2.05) is 12.1 Å². The van der Waals surface area contributed by atoms with Crippen LogP contribution in [0.4, 0.5) is 13.2 Å². The van der Waals surface area contributed by atoms with Crippen LogP contribution in [-0.2, 0) is 12.7 Å². The molecule has 4 nitrogen and oxygen atoms in total. The zero-order valence-electron chi connectivity index (χ0n) is 16.8. The Balaban J connectivity index is 1.82. The van der Waals surface area contributed by atoms with Crippen LogP contribution < -0.4 is 11.2 Å². The van der Waals surface area contributed by atoms with Crippen molar-refractivity contribution in [1.82, 2.24) is 9.13 Å². The average molecular weight is 487 g/mol. The van der Waals surface area contributed by atoms with Gasteiger partial charge in [0.2, 0.25) is 0 Å². The second-order valence-electron chi connectivity index (χ2n) is 7.46.